The molecule has 5 atom stereocenters. The lowest BCUT2D eigenvalue weighted by Crippen LogP contribution is -2.57. The van der Waals surface area contributed by atoms with Crippen molar-refractivity contribution in [2.75, 3.05) is 6.61 Å². The van der Waals surface area contributed by atoms with Crippen LogP contribution in [0, 0.1) is 0 Å². The number of aliphatic hydroxyl groups excluding tert-OH is 3. The second-order valence-electron chi connectivity index (χ2n) is 4.31. The Morgan fingerprint density at radius 3 is 2.40 bits per heavy atom. The van der Waals surface area contributed by atoms with E-state index in [-0.39, 0.29) is 6.61 Å². The van der Waals surface area contributed by atoms with Crippen LogP contribution in [-0.2, 0) is 14.2 Å². The van der Waals surface area contributed by atoms with Gasteiger partial charge in [0.05, 0.1) is 6.61 Å². The third-order valence-corrected chi connectivity index (χ3v) is 2.64. The maximum absolute atomic E-state index is 9.74. The second-order valence-corrected chi connectivity index (χ2v) is 4.31. The molecule has 0 aliphatic carbocycles. The summed E-state index contributed by atoms with van der Waals surface area (Å²) in [6, 6.07) is 0. The molecule has 0 radical (unpaired) electrons. The number of aliphatic hydroxyl groups is 3. The van der Waals surface area contributed by atoms with E-state index in [1.807, 2.05) is 0 Å². The van der Waals surface area contributed by atoms with Crippen LogP contribution in [0.5, 0.6) is 0 Å². The Morgan fingerprint density at radius 1 is 1.13 bits per heavy atom. The smallest absolute Gasteiger partial charge is 0.190 e. The van der Waals surface area contributed by atoms with Gasteiger partial charge in [-0.05, 0) is 13.8 Å². The molecule has 6 nitrogen and oxygen atoms in total. The third-order valence-electron chi connectivity index (χ3n) is 2.64. The van der Waals surface area contributed by atoms with Crippen molar-refractivity contribution in [3.63, 3.8) is 0 Å². The van der Waals surface area contributed by atoms with Gasteiger partial charge in [0.15, 0.2) is 12.1 Å². The zero-order chi connectivity index (χ0) is 11.2. The molecule has 2 aliphatic rings. The van der Waals surface area contributed by atoms with Gasteiger partial charge in [-0.3, -0.25) is 0 Å². The summed E-state index contributed by atoms with van der Waals surface area (Å²) >= 11 is 0. The van der Waals surface area contributed by atoms with Crippen molar-refractivity contribution in [2.24, 2.45) is 0 Å². The topological polar surface area (TPSA) is 88.4 Å². The van der Waals surface area contributed by atoms with Crippen LogP contribution in [0.1, 0.15) is 13.8 Å². The molecule has 0 aromatic heterocycles. The molecular formula is C9H16O6. The summed E-state index contributed by atoms with van der Waals surface area (Å²) in [4.78, 5) is 0. The monoisotopic (exact) mass is 220 g/mol. The molecule has 0 aromatic rings. The predicted molar refractivity (Wildman–Crippen MR) is 47.8 cm³/mol. The van der Waals surface area contributed by atoms with Crippen LogP contribution in [0.3, 0.4) is 0 Å². The van der Waals surface area contributed by atoms with Crippen molar-refractivity contribution >= 4 is 0 Å². The highest BCUT2D eigenvalue weighted by molar-refractivity contribution is 4.93. The van der Waals surface area contributed by atoms with Crippen LogP contribution in [-0.4, -0.2) is 58.4 Å². The summed E-state index contributed by atoms with van der Waals surface area (Å²) < 4.78 is 16.0. The van der Waals surface area contributed by atoms with Crippen LogP contribution in [0.4, 0.5) is 0 Å². The molecule has 2 heterocycles. The molecule has 2 rings (SSSR count). The molecular weight excluding hydrogens is 204 g/mol. The summed E-state index contributed by atoms with van der Waals surface area (Å²) in [5, 5.41) is 28.3. The number of fused-ring (bicyclic) bond motifs is 1. The van der Waals surface area contributed by atoms with Crippen molar-refractivity contribution in [1.29, 1.82) is 0 Å². The van der Waals surface area contributed by atoms with E-state index in [2.05, 4.69) is 0 Å². The van der Waals surface area contributed by atoms with Gasteiger partial charge in [0, 0.05) is 0 Å². The zero-order valence-electron chi connectivity index (χ0n) is 8.66. The van der Waals surface area contributed by atoms with Crippen LogP contribution < -0.4 is 0 Å². The first-order chi connectivity index (χ1) is 6.94. The molecule has 6 heteroatoms. The first-order valence-corrected chi connectivity index (χ1v) is 4.93. The fourth-order valence-corrected chi connectivity index (χ4v) is 1.91. The third kappa shape index (κ3) is 1.89. The average molecular weight is 220 g/mol. The van der Waals surface area contributed by atoms with Gasteiger partial charge in [-0.25, -0.2) is 0 Å². The van der Waals surface area contributed by atoms with E-state index in [4.69, 9.17) is 19.3 Å². The first kappa shape index (κ1) is 11.3. The molecule has 0 amide bonds. The van der Waals surface area contributed by atoms with Gasteiger partial charge in [-0.1, -0.05) is 0 Å². The Bertz CT molecular complexity index is 243. The molecule has 0 unspecified atom stereocenters. The molecule has 0 bridgehead atoms. The number of hydrogen-bond donors (Lipinski definition) is 3. The molecule has 15 heavy (non-hydrogen) atoms. The predicted octanol–water partition coefficient (Wildman–Crippen LogP) is -1.42. The zero-order valence-corrected chi connectivity index (χ0v) is 8.66. The van der Waals surface area contributed by atoms with Gasteiger partial charge in [0.1, 0.15) is 24.4 Å². The summed E-state index contributed by atoms with van der Waals surface area (Å²) in [6.07, 6.45) is -4.55. The van der Waals surface area contributed by atoms with Crippen molar-refractivity contribution in [1.82, 2.24) is 0 Å². The fourth-order valence-electron chi connectivity index (χ4n) is 1.91. The summed E-state index contributed by atoms with van der Waals surface area (Å²) in [5.74, 6) is -0.847. The lowest BCUT2D eigenvalue weighted by Gasteiger charge is -2.36. The molecule has 88 valence electrons. The van der Waals surface area contributed by atoms with E-state index < -0.39 is 36.5 Å². The van der Waals surface area contributed by atoms with Gasteiger partial charge >= 0.3 is 0 Å². The normalized spacial score (nSPS) is 49.0. The first-order valence-electron chi connectivity index (χ1n) is 4.93. The lowest BCUT2D eigenvalue weighted by atomic mass is 9.99. The molecule has 0 saturated carbocycles. The van der Waals surface area contributed by atoms with E-state index in [1.54, 1.807) is 13.8 Å². The van der Waals surface area contributed by atoms with Crippen molar-refractivity contribution in [3.05, 3.63) is 0 Å². The van der Waals surface area contributed by atoms with Gasteiger partial charge in [0.2, 0.25) is 0 Å². The molecule has 2 aliphatic heterocycles. The van der Waals surface area contributed by atoms with E-state index in [0.717, 1.165) is 0 Å². The quantitative estimate of drug-likeness (QED) is 0.502. The van der Waals surface area contributed by atoms with Gasteiger partial charge < -0.3 is 29.5 Å². The van der Waals surface area contributed by atoms with Gasteiger partial charge in [0.25, 0.3) is 0 Å². The van der Waals surface area contributed by atoms with Crippen LogP contribution in [0.15, 0.2) is 0 Å². The standard InChI is InChI=1S/C9H16O6/c1-9(2)14-7-6(12)5(11)4(3-10)13-8(7)15-9/h4-8,10-12H,3H2,1-2H3/t4-,5-,6-,7-,8-/m1/s1. The Balaban J connectivity index is 2.13. The van der Waals surface area contributed by atoms with Crippen molar-refractivity contribution < 1.29 is 29.5 Å². The Kier molecular flexibility index (Phi) is 2.74. The van der Waals surface area contributed by atoms with Crippen molar-refractivity contribution in [3.8, 4) is 0 Å². The highest BCUT2D eigenvalue weighted by Gasteiger charge is 2.53. The van der Waals surface area contributed by atoms with Crippen LogP contribution in [0.2, 0.25) is 0 Å². The highest BCUT2D eigenvalue weighted by Crippen LogP contribution is 2.35. The molecule has 2 fully saturated rings. The molecule has 3 N–H and O–H groups in total. The SMILES string of the molecule is CC1(C)O[C@H]2O[C@H](CO)[C@@H](O)[C@@H](O)[C@H]2O1. The minimum atomic E-state index is -1.16. The maximum Gasteiger partial charge on any atom is 0.190 e. The minimum absolute atomic E-state index is 0.370. The summed E-state index contributed by atoms with van der Waals surface area (Å²) in [5.41, 5.74) is 0. The lowest BCUT2D eigenvalue weighted by molar-refractivity contribution is -0.256. The summed E-state index contributed by atoms with van der Waals surface area (Å²) in [7, 11) is 0. The van der Waals surface area contributed by atoms with E-state index in [1.165, 1.54) is 0 Å². The Morgan fingerprint density at radius 2 is 1.80 bits per heavy atom. The van der Waals surface area contributed by atoms with E-state index in [9.17, 15) is 10.2 Å². The van der Waals surface area contributed by atoms with Crippen LogP contribution in [0.25, 0.3) is 0 Å². The molecule has 0 aromatic carbocycles. The Labute approximate surface area is 87.4 Å². The van der Waals surface area contributed by atoms with E-state index in [0.29, 0.717) is 0 Å². The van der Waals surface area contributed by atoms with Gasteiger partial charge in [-0.2, -0.15) is 0 Å². The highest BCUT2D eigenvalue weighted by atomic mass is 16.8. The van der Waals surface area contributed by atoms with E-state index >= 15 is 0 Å². The maximum atomic E-state index is 9.74. The molecule has 2 saturated heterocycles. The van der Waals surface area contributed by atoms with Gasteiger partial charge in [-0.15, -0.1) is 0 Å². The van der Waals surface area contributed by atoms with Crippen LogP contribution >= 0.6 is 0 Å². The largest absolute Gasteiger partial charge is 0.394 e. The average Bonchev–Trinajstić information content (AvgIpc) is 2.47. The number of ether oxygens (including phenoxy) is 3. The Hall–Kier alpha value is -0.240. The number of hydrogen-bond acceptors (Lipinski definition) is 6. The van der Waals surface area contributed by atoms with Crippen molar-refractivity contribution in [2.45, 2.75) is 50.3 Å². The fraction of sp³-hybridized carbons (Fsp3) is 1.00. The minimum Gasteiger partial charge on any atom is -0.394 e. The summed E-state index contributed by atoms with van der Waals surface area (Å²) in [6.45, 7) is 3.02. The second kappa shape index (κ2) is 3.65. The number of rotatable bonds is 1. The molecule has 0 spiro atoms.